The first kappa shape index (κ1) is 37.0. The van der Waals surface area contributed by atoms with Crippen LogP contribution < -0.4 is 10.6 Å². The van der Waals surface area contributed by atoms with Crippen molar-refractivity contribution in [2.45, 2.75) is 140 Å². The van der Waals surface area contributed by atoms with Crippen molar-refractivity contribution in [1.29, 1.82) is 0 Å². The van der Waals surface area contributed by atoms with Crippen LogP contribution in [0.1, 0.15) is 116 Å². The second kappa shape index (κ2) is 14.7. The molecule has 12 rings (SSSR count). The predicted molar refractivity (Wildman–Crippen MR) is 202 cm³/mol. The maximum atomic E-state index is 13.3. The summed E-state index contributed by atoms with van der Waals surface area (Å²) in [5.41, 5.74) is -0.506. The molecule has 6 amide bonds. The molecule has 12 heteroatoms. The third-order valence-electron chi connectivity index (χ3n) is 16.2. The van der Waals surface area contributed by atoms with E-state index in [-0.39, 0.29) is 59.0 Å². The molecule has 300 valence electrons. The Hall–Kier alpha value is -2.60. The van der Waals surface area contributed by atoms with Gasteiger partial charge in [0, 0.05) is 64.4 Å². The smallest absolute Gasteiger partial charge is 0.320 e. The Kier molecular flexibility index (Phi) is 10.1. The summed E-state index contributed by atoms with van der Waals surface area (Å²) in [5.74, 6) is 2.93. The van der Waals surface area contributed by atoms with Crippen LogP contribution in [0.25, 0.3) is 0 Å². The second-order valence-electron chi connectivity index (χ2n) is 20.0. The van der Waals surface area contributed by atoms with Crippen LogP contribution in [0.5, 0.6) is 0 Å². The van der Waals surface area contributed by atoms with Crippen molar-refractivity contribution >= 4 is 23.9 Å². The molecule has 4 saturated heterocycles. The van der Waals surface area contributed by atoms with Crippen molar-refractivity contribution in [2.75, 3.05) is 52.4 Å². The Morgan fingerprint density at radius 3 is 1.15 bits per heavy atom. The molecular weight excluding hydrogens is 684 g/mol. The number of aliphatic hydroxyl groups excluding tert-OH is 2. The minimum Gasteiger partial charge on any atom is -0.393 e. The van der Waals surface area contributed by atoms with Crippen LogP contribution in [0, 0.1) is 46.3 Å². The number of nitrogens with zero attached hydrogens (tertiary/aromatic N) is 4. The number of rotatable bonds is 4. The molecule has 0 radical (unpaired) electrons. The van der Waals surface area contributed by atoms with Crippen LogP contribution in [0.3, 0.4) is 0 Å². The molecule has 0 spiro atoms. The van der Waals surface area contributed by atoms with Gasteiger partial charge in [0.15, 0.2) is 0 Å². The molecule has 4 unspecified atom stereocenters. The maximum absolute atomic E-state index is 13.3. The number of aliphatic hydroxyl groups is 2. The number of amides is 6. The zero-order valence-electron chi connectivity index (χ0n) is 32.5. The number of carbonyl (C=O) groups is 4. The Bertz CT molecular complexity index is 1310. The van der Waals surface area contributed by atoms with Crippen LogP contribution in [0.4, 0.5) is 9.59 Å². The van der Waals surface area contributed by atoms with Crippen molar-refractivity contribution in [3.05, 3.63) is 0 Å². The quantitative estimate of drug-likeness (QED) is 0.343. The fourth-order valence-corrected chi connectivity index (χ4v) is 14.0. The standard InChI is InChI=1S/2C21H33N3O3/c2*25-18-15-8-14-9-16(18)12-21(10-14,11-15)19(26)22-17-4-3-7-24(13-17)20(27)23-5-1-2-6-23/h2*14-18,25H,1-13H2,(H,22,26)/t2*14?,15?,16?,17-,18?,21?/m00/s1. The predicted octanol–water partition coefficient (Wildman–Crippen LogP) is 3.94. The average molecular weight is 751 g/mol. The summed E-state index contributed by atoms with van der Waals surface area (Å²) in [4.78, 5) is 59.8. The van der Waals surface area contributed by atoms with Crippen LogP contribution in [-0.2, 0) is 9.59 Å². The van der Waals surface area contributed by atoms with E-state index in [1.165, 1.54) is 0 Å². The largest absolute Gasteiger partial charge is 0.393 e. The van der Waals surface area contributed by atoms with Crippen molar-refractivity contribution in [1.82, 2.24) is 30.2 Å². The lowest BCUT2D eigenvalue weighted by molar-refractivity contribution is -0.164. The van der Waals surface area contributed by atoms with E-state index in [1.54, 1.807) is 0 Å². The summed E-state index contributed by atoms with van der Waals surface area (Å²) in [5, 5.41) is 27.6. The minimum absolute atomic E-state index is 0.0794. The molecule has 0 aromatic rings. The molecular formula is C42H66N6O6. The molecule has 12 fully saturated rings. The summed E-state index contributed by atoms with van der Waals surface area (Å²) in [6, 6.07) is 0.472. The van der Waals surface area contributed by atoms with Gasteiger partial charge in [-0.1, -0.05) is 0 Å². The molecule has 54 heavy (non-hydrogen) atoms. The summed E-state index contributed by atoms with van der Waals surface area (Å²) in [7, 11) is 0. The zero-order chi connectivity index (χ0) is 37.2. The van der Waals surface area contributed by atoms with Gasteiger partial charge in [-0.3, -0.25) is 9.59 Å². The molecule has 0 aromatic heterocycles. The number of piperidine rings is 2. The van der Waals surface area contributed by atoms with E-state index in [0.717, 1.165) is 155 Å². The van der Waals surface area contributed by atoms with Crippen LogP contribution >= 0.6 is 0 Å². The molecule has 4 N–H and O–H groups in total. The molecule has 0 aromatic carbocycles. The SMILES string of the molecule is O=C(N1CCCC1)N1CCC[C@H](NC(=O)C23CC4CC(C2)C(O)C(C4)C3)C1.O=C(N1CCCC1)N1CCC[C@H](NC(=O)C23CC4CC(C2)C(O)C(C4)C3)C1. The molecule has 12 aliphatic rings. The van der Waals surface area contributed by atoms with Crippen molar-refractivity contribution < 1.29 is 29.4 Å². The second-order valence-corrected chi connectivity index (χ2v) is 20.0. The lowest BCUT2D eigenvalue weighted by Gasteiger charge is -2.58. The number of carbonyl (C=O) groups excluding carboxylic acids is 4. The van der Waals surface area contributed by atoms with E-state index in [2.05, 4.69) is 10.6 Å². The highest BCUT2D eigenvalue weighted by Gasteiger charge is 2.59. The number of likely N-dealkylation sites (tertiary alicyclic amines) is 4. The highest BCUT2D eigenvalue weighted by Crippen LogP contribution is 2.61. The van der Waals surface area contributed by atoms with Crippen molar-refractivity contribution in [3.8, 4) is 0 Å². The van der Waals surface area contributed by atoms with Gasteiger partial charge in [-0.2, -0.15) is 0 Å². The Balaban J connectivity index is 0.000000142. The summed E-state index contributed by atoms with van der Waals surface area (Å²) in [6.07, 6.45) is 17.8. The first-order chi connectivity index (χ1) is 26.1. The van der Waals surface area contributed by atoms with Gasteiger partial charge in [0.25, 0.3) is 0 Å². The van der Waals surface area contributed by atoms with Crippen molar-refractivity contribution in [3.63, 3.8) is 0 Å². The Morgan fingerprint density at radius 1 is 0.463 bits per heavy atom. The normalized spacial score (nSPS) is 43.2. The summed E-state index contributed by atoms with van der Waals surface area (Å²) >= 11 is 0. The highest BCUT2D eigenvalue weighted by molar-refractivity contribution is 5.84. The van der Waals surface area contributed by atoms with Gasteiger partial charge < -0.3 is 40.4 Å². The lowest BCUT2D eigenvalue weighted by atomic mass is 9.48. The summed E-state index contributed by atoms with van der Waals surface area (Å²) < 4.78 is 0. The minimum atomic E-state index is -0.253. The first-order valence-electron chi connectivity index (χ1n) is 22.1. The molecule has 4 aliphatic heterocycles. The molecule has 6 atom stereocenters. The van der Waals surface area contributed by atoms with Gasteiger partial charge in [-0.15, -0.1) is 0 Å². The molecule has 4 heterocycles. The third-order valence-corrected chi connectivity index (χ3v) is 16.2. The number of nitrogens with one attached hydrogen (secondary N) is 2. The number of hydrogen-bond donors (Lipinski definition) is 4. The first-order valence-corrected chi connectivity index (χ1v) is 22.1. The summed E-state index contributed by atoms with van der Waals surface area (Å²) in [6.45, 7) is 6.43. The fourth-order valence-electron chi connectivity index (χ4n) is 14.0. The van der Waals surface area contributed by atoms with E-state index in [1.807, 2.05) is 19.6 Å². The third kappa shape index (κ3) is 6.91. The highest BCUT2D eigenvalue weighted by atomic mass is 16.3. The fraction of sp³-hybridized carbons (Fsp3) is 0.905. The molecule has 8 saturated carbocycles. The van der Waals surface area contributed by atoms with E-state index < -0.39 is 0 Å². The Morgan fingerprint density at radius 2 is 0.796 bits per heavy atom. The lowest BCUT2D eigenvalue weighted by Crippen LogP contribution is -2.61. The van der Waals surface area contributed by atoms with E-state index in [0.29, 0.717) is 48.6 Å². The molecule has 8 aliphatic carbocycles. The average Bonchev–Trinajstić information content (AvgIpc) is 3.91. The topological polar surface area (TPSA) is 146 Å². The zero-order valence-corrected chi connectivity index (χ0v) is 32.5. The van der Waals surface area contributed by atoms with Gasteiger partial charge in [0.1, 0.15) is 0 Å². The van der Waals surface area contributed by atoms with Crippen LogP contribution in [0.2, 0.25) is 0 Å². The van der Waals surface area contributed by atoms with Gasteiger partial charge in [-0.25, -0.2) is 9.59 Å². The van der Waals surface area contributed by atoms with Crippen LogP contribution in [0.15, 0.2) is 0 Å². The van der Waals surface area contributed by atoms with Crippen molar-refractivity contribution in [2.24, 2.45) is 46.3 Å². The monoisotopic (exact) mass is 751 g/mol. The van der Waals surface area contributed by atoms with Gasteiger partial charge in [0.2, 0.25) is 11.8 Å². The van der Waals surface area contributed by atoms with Gasteiger partial charge >= 0.3 is 12.1 Å². The molecule has 8 bridgehead atoms. The van der Waals surface area contributed by atoms with Gasteiger partial charge in [-0.05, 0) is 151 Å². The molecule has 12 nitrogen and oxygen atoms in total. The van der Waals surface area contributed by atoms with E-state index in [4.69, 9.17) is 0 Å². The van der Waals surface area contributed by atoms with Crippen LogP contribution in [-0.4, -0.2) is 130 Å². The maximum Gasteiger partial charge on any atom is 0.320 e. The number of urea groups is 2. The number of hydrogen-bond acceptors (Lipinski definition) is 6. The van der Waals surface area contributed by atoms with E-state index >= 15 is 0 Å². The van der Waals surface area contributed by atoms with Gasteiger partial charge in [0.05, 0.1) is 23.0 Å². The van der Waals surface area contributed by atoms with E-state index in [9.17, 15) is 29.4 Å². The Labute approximate surface area is 321 Å².